The molecular formula is C9H20N2O2. The topological polar surface area (TPSA) is 78.3 Å². The molecule has 0 aliphatic carbocycles. The van der Waals surface area contributed by atoms with Gasteiger partial charge in [0.05, 0.1) is 0 Å². The highest BCUT2D eigenvalue weighted by molar-refractivity contribution is 5.76. The number of hydrogen-bond acceptors (Lipinski definition) is 4. The maximum Gasteiger partial charge on any atom is 0.325 e. The van der Waals surface area contributed by atoms with E-state index in [9.17, 15) is 4.79 Å². The van der Waals surface area contributed by atoms with Gasteiger partial charge in [0.1, 0.15) is 11.6 Å². The maximum atomic E-state index is 11.3. The molecule has 78 valence electrons. The van der Waals surface area contributed by atoms with Gasteiger partial charge in [0, 0.05) is 6.04 Å². The number of nitrogens with two attached hydrogens (primary N) is 2. The van der Waals surface area contributed by atoms with Crippen LogP contribution in [0.25, 0.3) is 0 Å². The second kappa shape index (κ2) is 4.58. The van der Waals surface area contributed by atoms with E-state index in [2.05, 4.69) is 0 Å². The van der Waals surface area contributed by atoms with Gasteiger partial charge in [0.2, 0.25) is 0 Å². The molecule has 0 amide bonds. The monoisotopic (exact) mass is 188 g/mol. The van der Waals surface area contributed by atoms with E-state index in [0.29, 0.717) is 6.42 Å². The Kier molecular flexibility index (Phi) is 4.36. The van der Waals surface area contributed by atoms with E-state index >= 15 is 0 Å². The van der Waals surface area contributed by atoms with E-state index in [1.165, 1.54) is 0 Å². The number of carbonyl (C=O) groups excluding carboxylic acids is 1. The van der Waals surface area contributed by atoms with Crippen LogP contribution in [-0.2, 0) is 9.53 Å². The number of rotatable bonds is 3. The molecule has 0 aromatic carbocycles. The Morgan fingerprint density at radius 3 is 2.15 bits per heavy atom. The lowest BCUT2D eigenvalue weighted by Crippen LogP contribution is -2.49. The molecule has 0 heterocycles. The van der Waals surface area contributed by atoms with Gasteiger partial charge in [-0.2, -0.15) is 0 Å². The lowest BCUT2D eigenvalue weighted by molar-refractivity contribution is -0.157. The van der Waals surface area contributed by atoms with Crippen molar-refractivity contribution >= 4 is 5.97 Å². The van der Waals surface area contributed by atoms with Crippen LogP contribution in [0.3, 0.4) is 0 Å². The van der Waals surface area contributed by atoms with Crippen LogP contribution < -0.4 is 11.5 Å². The van der Waals surface area contributed by atoms with E-state index in [-0.39, 0.29) is 6.04 Å². The summed E-state index contributed by atoms with van der Waals surface area (Å²) in [5, 5.41) is 0. The first-order valence-electron chi connectivity index (χ1n) is 4.52. The zero-order valence-corrected chi connectivity index (χ0v) is 8.83. The highest BCUT2D eigenvalue weighted by Gasteiger charge is 2.25. The molecule has 2 atom stereocenters. The predicted molar refractivity (Wildman–Crippen MR) is 52.1 cm³/mol. The molecule has 0 aromatic rings. The Morgan fingerprint density at radius 1 is 1.38 bits per heavy atom. The van der Waals surface area contributed by atoms with Gasteiger partial charge in [-0.1, -0.05) is 6.92 Å². The van der Waals surface area contributed by atoms with E-state index < -0.39 is 17.6 Å². The zero-order chi connectivity index (χ0) is 10.6. The first-order chi connectivity index (χ1) is 5.78. The van der Waals surface area contributed by atoms with E-state index in [1.54, 1.807) is 20.8 Å². The number of esters is 1. The molecule has 0 spiro atoms. The van der Waals surface area contributed by atoms with Crippen molar-refractivity contribution in [2.75, 3.05) is 0 Å². The third kappa shape index (κ3) is 4.85. The van der Waals surface area contributed by atoms with Crippen molar-refractivity contribution < 1.29 is 9.53 Å². The summed E-state index contributed by atoms with van der Waals surface area (Å²) in [4.78, 5) is 11.3. The minimum absolute atomic E-state index is 0.324. The molecule has 0 radical (unpaired) electrons. The summed E-state index contributed by atoms with van der Waals surface area (Å²) in [5.41, 5.74) is 10.7. The van der Waals surface area contributed by atoms with Gasteiger partial charge in [0.15, 0.2) is 0 Å². The Hall–Kier alpha value is -0.610. The van der Waals surface area contributed by atoms with Crippen molar-refractivity contribution in [1.29, 1.82) is 0 Å². The Morgan fingerprint density at radius 2 is 1.85 bits per heavy atom. The summed E-state index contributed by atoms with van der Waals surface area (Å²) >= 11 is 0. The van der Waals surface area contributed by atoms with Gasteiger partial charge in [-0.25, -0.2) is 0 Å². The number of ether oxygens (including phenoxy) is 1. The van der Waals surface area contributed by atoms with Crippen molar-refractivity contribution in [2.45, 2.75) is 51.8 Å². The van der Waals surface area contributed by atoms with Crippen LogP contribution in [-0.4, -0.2) is 23.7 Å². The van der Waals surface area contributed by atoms with Crippen molar-refractivity contribution in [3.63, 3.8) is 0 Å². The van der Waals surface area contributed by atoms with Crippen LogP contribution in [0.15, 0.2) is 0 Å². The molecule has 0 bridgehead atoms. The van der Waals surface area contributed by atoms with Crippen LogP contribution in [0.2, 0.25) is 0 Å². The van der Waals surface area contributed by atoms with Crippen molar-refractivity contribution in [3.8, 4) is 0 Å². The lowest BCUT2D eigenvalue weighted by Gasteiger charge is -2.24. The summed E-state index contributed by atoms with van der Waals surface area (Å²) in [6.45, 7) is 7.29. The predicted octanol–water partition coefficient (Wildman–Crippen LogP) is 0.393. The highest BCUT2D eigenvalue weighted by Crippen LogP contribution is 2.09. The highest BCUT2D eigenvalue weighted by atomic mass is 16.6. The molecule has 4 N–H and O–H groups in total. The van der Waals surface area contributed by atoms with Gasteiger partial charge >= 0.3 is 5.97 Å². The van der Waals surface area contributed by atoms with Crippen molar-refractivity contribution in [1.82, 2.24) is 0 Å². The van der Waals surface area contributed by atoms with Gasteiger partial charge in [0.25, 0.3) is 0 Å². The summed E-state index contributed by atoms with van der Waals surface area (Å²) in [6.07, 6.45) is 0.667. The molecule has 0 unspecified atom stereocenters. The summed E-state index contributed by atoms with van der Waals surface area (Å²) in [5.74, 6) is -0.429. The quantitative estimate of drug-likeness (QED) is 0.628. The van der Waals surface area contributed by atoms with Crippen LogP contribution in [0, 0.1) is 0 Å². The first-order valence-corrected chi connectivity index (χ1v) is 4.52. The van der Waals surface area contributed by atoms with Gasteiger partial charge in [-0.15, -0.1) is 0 Å². The average Bonchev–Trinajstić information content (AvgIpc) is 1.98. The maximum absolute atomic E-state index is 11.3. The minimum atomic E-state index is -0.718. The van der Waals surface area contributed by atoms with Gasteiger partial charge < -0.3 is 16.2 Å². The van der Waals surface area contributed by atoms with Crippen LogP contribution in [0.4, 0.5) is 0 Å². The normalized spacial score (nSPS) is 16.5. The summed E-state index contributed by atoms with van der Waals surface area (Å²) in [6, 6.07) is -1.04. The fourth-order valence-electron chi connectivity index (χ4n) is 0.799. The molecular weight excluding hydrogens is 168 g/mol. The van der Waals surface area contributed by atoms with Gasteiger partial charge in [-0.3, -0.25) is 4.79 Å². The van der Waals surface area contributed by atoms with Crippen LogP contribution >= 0.6 is 0 Å². The second-order valence-electron chi connectivity index (χ2n) is 4.13. The average molecular weight is 188 g/mol. The third-order valence-electron chi connectivity index (χ3n) is 1.61. The zero-order valence-electron chi connectivity index (χ0n) is 8.83. The Bertz CT molecular complexity index is 175. The summed E-state index contributed by atoms with van der Waals surface area (Å²) in [7, 11) is 0. The van der Waals surface area contributed by atoms with E-state index in [4.69, 9.17) is 16.2 Å². The summed E-state index contributed by atoms with van der Waals surface area (Å²) < 4.78 is 5.08. The molecule has 0 rings (SSSR count). The molecule has 0 fully saturated rings. The molecule has 0 aliphatic heterocycles. The minimum Gasteiger partial charge on any atom is -0.459 e. The Labute approximate surface area is 79.6 Å². The molecule has 4 nitrogen and oxygen atoms in total. The molecule has 0 saturated heterocycles. The standard InChI is InChI=1S/C9H20N2O2/c1-5-6(10)7(11)8(12)13-9(2,3)4/h6-7H,5,10-11H2,1-4H3/t6-,7+/m1/s1. The van der Waals surface area contributed by atoms with E-state index in [0.717, 1.165) is 0 Å². The molecule has 0 aliphatic rings. The smallest absolute Gasteiger partial charge is 0.325 e. The van der Waals surface area contributed by atoms with Crippen LogP contribution in [0.1, 0.15) is 34.1 Å². The second-order valence-corrected chi connectivity index (χ2v) is 4.13. The molecule has 0 aromatic heterocycles. The molecule has 13 heavy (non-hydrogen) atoms. The Balaban J connectivity index is 4.12. The van der Waals surface area contributed by atoms with Crippen molar-refractivity contribution in [3.05, 3.63) is 0 Å². The first kappa shape index (κ1) is 12.4. The number of carbonyl (C=O) groups is 1. The molecule has 0 saturated carbocycles. The SMILES string of the molecule is CC[C@@H](N)[C@H](N)C(=O)OC(C)(C)C. The number of hydrogen-bond donors (Lipinski definition) is 2. The largest absolute Gasteiger partial charge is 0.459 e. The fraction of sp³-hybridized carbons (Fsp3) is 0.889. The van der Waals surface area contributed by atoms with Crippen LogP contribution in [0.5, 0.6) is 0 Å². The molecule has 4 heteroatoms. The van der Waals surface area contributed by atoms with Gasteiger partial charge in [-0.05, 0) is 27.2 Å². The van der Waals surface area contributed by atoms with Crippen molar-refractivity contribution in [2.24, 2.45) is 11.5 Å². The lowest BCUT2D eigenvalue weighted by atomic mass is 10.1. The third-order valence-corrected chi connectivity index (χ3v) is 1.61. The fourth-order valence-corrected chi connectivity index (χ4v) is 0.799. The van der Waals surface area contributed by atoms with E-state index in [1.807, 2.05) is 6.92 Å².